The minimum atomic E-state index is -0.139. The van der Waals surface area contributed by atoms with Gasteiger partial charge in [0, 0.05) is 42.3 Å². The van der Waals surface area contributed by atoms with Gasteiger partial charge < -0.3 is 29.3 Å². The number of para-hydroxylation sites is 1. The van der Waals surface area contributed by atoms with E-state index in [9.17, 15) is 4.79 Å². The number of ether oxygens (including phenoxy) is 3. The highest BCUT2D eigenvalue weighted by Gasteiger charge is 2.33. The third-order valence-corrected chi connectivity index (χ3v) is 6.72. The fourth-order valence-electron chi connectivity index (χ4n) is 4.73. The maximum atomic E-state index is 13.2. The van der Waals surface area contributed by atoms with Crippen LogP contribution in [0.3, 0.4) is 0 Å². The van der Waals surface area contributed by atoms with Gasteiger partial charge in [-0.1, -0.05) is 18.2 Å². The van der Waals surface area contributed by atoms with E-state index in [0.717, 1.165) is 22.5 Å². The van der Waals surface area contributed by atoms with Gasteiger partial charge in [-0.25, -0.2) is 14.8 Å². The first-order valence-corrected chi connectivity index (χ1v) is 12.5. The van der Waals surface area contributed by atoms with Crippen LogP contribution in [0.5, 0.6) is 23.0 Å². The first-order chi connectivity index (χ1) is 18.5. The summed E-state index contributed by atoms with van der Waals surface area (Å²) in [5.41, 5.74) is 1.48. The van der Waals surface area contributed by atoms with Crippen molar-refractivity contribution in [1.82, 2.24) is 14.9 Å². The smallest absolute Gasteiger partial charge is 0.322 e. The van der Waals surface area contributed by atoms with Crippen molar-refractivity contribution in [1.29, 1.82) is 0 Å². The lowest BCUT2D eigenvalue weighted by molar-refractivity contribution is 0.173. The molecule has 0 spiro atoms. The number of anilines is 2. The van der Waals surface area contributed by atoms with Crippen LogP contribution in [-0.4, -0.2) is 60.3 Å². The second-order valence-electron chi connectivity index (χ2n) is 9.29. The lowest BCUT2D eigenvalue weighted by Gasteiger charge is -2.44. The van der Waals surface area contributed by atoms with Crippen molar-refractivity contribution in [2.45, 2.75) is 25.9 Å². The monoisotopic (exact) mass is 513 g/mol. The average molecular weight is 514 g/mol. The van der Waals surface area contributed by atoms with E-state index in [1.54, 1.807) is 20.5 Å². The lowest BCUT2D eigenvalue weighted by atomic mass is 10.1. The molecule has 2 atom stereocenters. The van der Waals surface area contributed by atoms with Gasteiger partial charge in [0.1, 0.15) is 23.6 Å². The number of benzene rings is 3. The summed E-state index contributed by atoms with van der Waals surface area (Å²) < 4.78 is 16.8. The van der Waals surface area contributed by atoms with Crippen molar-refractivity contribution in [2.75, 3.05) is 37.5 Å². The number of rotatable bonds is 6. The maximum Gasteiger partial charge on any atom is 0.322 e. The third-order valence-electron chi connectivity index (χ3n) is 6.72. The Morgan fingerprint density at radius 1 is 0.868 bits per heavy atom. The summed E-state index contributed by atoms with van der Waals surface area (Å²) in [5, 5.41) is 3.90. The van der Waals surface area contributed by atoms with Crippen LogP contribution in [0.1, 0.15) is 13.8 Å². The van der Waals surface area contributed by atoms with E-state index in [0.29, 0.717) is 36.0 Å². The summed E-state index contributed by atoms with van der Waals surface area (Å²) in [6, 6.07) is 20.6. The van der Waals surface area contributed by atoms with Gasteiger partial charge in [0.2, 0.25) is 0 Å². The molecule has 0 radical (unpaired) electrons. The molecule has 1 aliphatic rings. The summed E-state index contributed by atoms with van der Waals surface area (Å²) in [7, 11) is 3.21. The Bertz CT molecular complexity index is 1410. The van der Waals surface area contributed by atoms with E-state index >= 15 is 0 Å². The van der Waals surface area contributed by atoms with Gasteiger partial charge in [-0.05, 0) is 56.3 Å². The molecule has 5 rings (SSSR count). The van der Waals surface area contributed by atoms with Crippen LogP contribution >= 0.6 is 0 Å². The Balaban J connectivity index is 1.28. The van der Waals surface area contributed by atoms with E-state index in [4.69, 9.17) is 14.2 Å². The lowest BCUT2D eigenvalue weighted by Crippen LogP contribution is -2.59. The van der Waals surface area contributed by atoms with Crippen molar-refractivity contribution >= 4 is 28.4 Å². The highest BCUT2D eigenvalue weighted by molar-refractivity contribution is 5.93. The van der Waals surface area contributed by atoms with Gasteiger partial charge in [-0.15, -0.1) is 0 Å². The van der Waals surface area contributed by atoms with Crippen LogP contribution in [0, 0.1) is 0 Å². The molecule has 1 fully saturated rings. The van der Waals surface area contributed by atoms with E-state index in [1.165, 1.54) is 0 Å². The largest absolute Gasteiger partial charge is 0.493 e. The molecular weight excluding hydrogens is 482 g/mol. The Labute approximate surface area is 222 Å². The van der Waals surface area contributed by atoms with Crippen LogP contribution in [0.4, 0.5) is 16.3 Å². The Morgan fingerprint density at radius 3 is 2.26 bits per heavy atom. The van der Waals surface area contributed by atoms with E-state index in [2.05, 4.69) is 27.1 Å². The molecule has 1 aliphatic heterocycles. The zero-order chi connectivity index (χ0) is 26.6. The first kappa shape index (κ1) is 25.1. The normalized spacial score (nSPS) is 17.3. The standard InChI is InChI=1S/C29H31N5O4/c1-19-17-34(29(35)32-21-10-12-23(13-11-21)38-22-8-6-5-7-9-22)20(2)16-33(19)28-24-14-26(36-3)27(37-4)15-25(24)30-18-31-28/h5-15,18-20H,16-17H2,1-4H3,(H,32,35). The number of nitrogens with one attached hydrogen (secondary N) is 1. The maximum absolute atomic E-state index is 13.2. The SMILES string of the molecule is COc1cc2ncnc(N3CC(C)N(C(=O)Nc4ccc(Oc5ccccc5)cc4)CC3C)c2cc1OC. The van der Waals surface area contributed by atoms with Crippen LogP contribution in [0.15, 0.2) is 73.1 Å². The van der Waals surface area contributed by atoms with Crippen molar-refractivity contribution in [3.05, 3.63) is 73.1 Å². The van der Waals surface area contributed by atoms with Crippen molar-refractivity contribution in [3.8, 4) is 23.0 Å². The quantitative estimate of drug-likeness (QED) is 0.361. The first-order valence-electron chi connectivity index (χ1n) is 12.5. The number of piperazine rings is 1. The molecule has 9 nitrogen and oxygen atoms in total. The van der Waals surface area contributed by atoms with E-state index < -0.39 is 0 Å². The van der Waals surface area contributed by atoms with Gasteiger partial charge in [0.25, 0.3) is 0 Å². The Morgan fingerprint density at radius 2 is 1.55 bits per heavy atom. The zero-order valence-corrected chi connectivity index (χ0v) is 21.9. The average Bonchev–Trinajstić information content (AvgIpc) is 2.94. The molecule has 1 saturated heterocycles. The summed E-state index contributed by atoms with van der Waals surface area (Å²) in [4.78, 5) is 26.3. The van der Waals surface area contributed by atoms with E-state index in [-0.39, 0.29) is 18.1 Å². The van der Waals surface area contributed by atoms with Crippen LogP contribution < -0.4 is 24.4 Å². The Kier molecular flexibility index (Phi) is 7.17. The van der Waals surface area contributed by atoms with Gasteiger partial charge in [0.05, 0.1) is 19.7 Å². The molecule has 1 aromatic heterocycles. The minimum absolute atomic E-state index is 0.0322. The molecule has 196 valence electrons. The number of fused-ring (bicyclic) bond motifs is 1. The van der Waals surface area contributed by atoms with Crippen molar-refractivity contribution in [3.63, 3.8) is 0 Å². The second kappa shape index (κ2) is 10.8. The number of nitrogens with zero attached hydrogens (tertiary/aromatic N) is 4. The number of hydrogen-bond acceptors (Lipinski definition) is 7. The molecule has 2 unspecified atom stereocenters. The van der Waals surface area contributed by atoms with Crippen LogP contribution in [-0.2, 0) is 0 Å². The number of carbonyl (C=O) groups is 1. The molecule has 2 amide bonds. The number of hydrogen-bond donors (Lipinski definition) is 1. The van der Waals surface area contributed by atoms with Crippen molar-refractivity contribution in [2.24, 2.45) is 0 Å². The minimum Gasteiger partial charge on any atom is -0.493 e. The number of methoxy groups -OCH3 is 2. The number of amides is 2. The molecule has 0 saturated carbocycles. The second-order valence-corrected chi connectivity index (χ2v) is 9.29. The molecule has 0 bridgehead atoms. The highest BCUT2D eigenvalue weighted by atomic mass is 16.5. The summed E-state index contributed by atoms with van der Waals surface area (Å²) in [6.07, 6.45) is 1.56. The predicted molar refractivity (Wildman–Crippen MR) is 148 cm³/mol. The van der Waals surface area contributed by atoms with Crippen molar-refractivity contribution < 1.29 is 19.0 Å². The zero-order valence-electron chi connectivity index (χ0n) is 21.9. The topological polar surface area (TPSA) is 89.1 Å². The number of carbonyl (C=O) groups excluding carboxylic acids is 1. The summed E-state index contributed by atoms with van der Waals surface area (Å²) in [6.45, 7) is 5.30. The fraction of sp³-hybridized carbons (Fsp3) is 0.276. The highest BCUT2D eigenvalue weighted by Crippen LogP contribution is 2.36. The third kappa shape index (κ3) is 5.13. The van der Waals surface area contributed by atoms with Gasteiger partial charge in [-0.3, -0.25) is 0 Å². The number of aromatic nitrogens is 2. The Hall–Kier alpha value is -4.53. The fourth-order valence-corrected chi connectivity index (χ4v) is 4.73. The van der Waals surface area contributed by atoms with Gasteiger partial charge >= 0.3 is 6.03 Å². The summed E-state index contributed by atoms with van der Waals surface area (Å²) >= 11 is 0. The van der Waals surface area contributed by atoms with Gasteiger partial charge in [0.15, 0.2) is 11.5 Å². The number of urea groups is 1. The molecule has 3 aromatic carbocycles. The van der Waals surface area contributed by atoms with Gasteiger partial charge in [-0.2, -0.15) is 0 Å². The molecule has 2 heterocycles. The molecule has 38 heavy (non-hydrogen) atoms. The molecule has 4 aromatic rings. The molecular formula is C29H31N5O4. The molecule has 1 N–H and O–H groups in total. The molecule has 9 heteroatoms. The summed E-state index contributed by atoms with van der Waals surface area (Å²) in [5.74, 6) is 3.52. The van der Waals surface area contributed by atoms with E-state index in [1.807, 2.05) is 78.6 Å². The predicted octanol–water partition coefficient (Wildman–Crippen LogP) is 5.57. The van der Waals surface area contributed by atoms with Crippen LogP contribution in [0.2, 0.25) is 0 Å². The molecule has 0 aliphatic carbocycles. The van der Waals surface area contributed by atoms with Crippen LogP contribution in [0.25, 0.3) is 10.9 Å².